The van der Waals surface area contributed by atoms with Gasteiger partial charge in [0.1, 0.15) is 5.88 Å². The van der Waals surface area contributed by atoms with E-state index in [0.29, 0.717) is 5.13 Å². The molecule has 1 N–H and O–H groups in total. The molecular weight excluding hydrogens is 339 g/mol. The smallest absolute Gasteiger partial charge is 0.241 e. The van der Waals surface area contributed by atoms with Crippen LogP contribution in [-0.4, -0.2) is 16.8 Å². The van der Waals surface area contributed by atoms with Crippen LogP contribution in [0, 0.1) is 0 Å². The number of aromatic nitrogens is 1. The summed E-state index contributed by atoms with van der Waals surface area (Å²) in [5.41, 5.74) is 2.06. The maximum atomic E-state index is 11.5. The number of rotatable bonds is 4. The lowest BCUT2D eigenvalue weighted by Gasteiger charge is -2.17. The van der Waals surface area contributed by atoms with Crippen LogP contribution in [0.1, 0.15) is 36.9 Å². The Labute approximate surface area is 144 Å². The normalized spacial score (nSPS) is 11.5. The average molecular weight is 357 g/mol. The molecule has 0 saturated heterocycles. The molecule has 0 aliphatic carbocycles. The Morgan fingerprint density at radius 2 is 1.91 bits per heavy atom. The molecule has 1 aromatic carbocycles. The van der Waals surface area contributed by atoms with E-state index in [2.05, 4.69) is 31.1 Å². The highest BCUT2D eigenvalue weighted by Gasteiger charge is 2.23. The van der Waals surface area contributed by atoms with Crippen LogP contribution in [0.25, 0.3) is 0 Å². The van der Waals surface area contributed by atoms with Crippen LogP contribution in [0.5, 0.6) is 0 Å². The maximum absolute atomic E-state index is 11.5. The molecule has 0 fully saturated rings. The van der Waals surface area contributed by atoms with Crippen molar-refractivity contribution in [1.29, 1.82) is 0 Å². The summed E-state index contributed by atoms with van der Waals surface area (Å²) in [5, 5.41) is 4.05. The molecule has 0 aliphatic heterocycles. The molecular formula is C16H18Cl2N2OS. The average Bonchev–Trinajstić information content (AvgIpc) is 2.84. The molecule has 0 radical (unpaired) electrons. The molecule has 0 saturated carbocycles. The summed E-state index contributed by atoms with van der Waals surface area (Å²) < 4.78 is 0. The monoisotopic (exact) mass is 356 g/mol. The van der Waals surface area contributed by atoms with Crippen molar-refractivity contribution in [2.24, 2.45) is 0 Å². The summed E-state index contributed by atoms with van der Waals surface area (Å²) in [4.78, 5) is 17.2. The minimum atomic E-state index is -0.242. The molecule has 0 unspecified atom stereocenters. The van der Waals surface area contributed by atoms with Crippen molar-refractivity contribution in [3.63, 3.8) is 0 Å². The Hall–Kier alpha value is -1.10. The van der Waals surface area contributed by atoms with Gasteiger partial charge < -0.3 is 5.32 Å². The van der Waals surface area contributed by atoms with Gasteiger partial charge in [0.25, 0.3) is 0 Å². The number of nitrogens with zero attached hydrogens (tertiary/aromatic N) is 1. The summed E-state index contributed by atoms with van der Waals surface area (Å²) in [6.45, 7) is 6.34. The number of anilines is 1. The van der Waals surface area contributed by atoms with Gasteiger partial charge in [-0.15, -0.1) is 22.9 Å². The van der Waals surface area contributed by atoms with Crippen LogP contribution < -0.4 is 5.32 Å². The van der Waals surface area contributed by atoms with E-state index >= 15 is 0 Å². The quantitative estimate of drug-likeness (QED) is 0.794. The zero-order chi connectivity index (χ0) is 16.3. The summed E-state index contributed by atoms with van der Waals surface area (Å²) >= 11 is 13.0. The van der Waals surface area contributed by atoms with Gasteiger partial charge in [0.15, 0.2) is 5.13 Å². The number of carbonyl (C=O) groups is 1. The molecule has 2 aromatic rings. The maximum Gasteiger partial charge on any atom is 0.241 e. The number of halogens is 2. The van der Waals surface area contributed by atoms with E-state index in [0.717, 1.165) is 27.6 Å². The van der Waals surface area contributed by atoms with Crippen molar-refractivity contribution in [1.82, 2.24) is 4.98 Å². The van der Waals surface area contributed by atoms with Crippen LogP contribution in [0.15, 0.2) is 24.3 Å². The molecule has 1 amide bonds. The van der Waals surface area contributed by atoms with Gasteiger partial charge in [-0.05, 0) is 17.7 Å². The molecule has 3 nitrogen and oxygen atoms in total. The number of carbonyl (C=O) groups excluding carboxylic acids is 1. The van der Waals surface area contributed by atoms with Crippen molar-refractivity contribution >= 4 is 45.6 Å². The molecule has 118 valence electrons. The third-order valence-electron chi connectivity index (χ3n) is 3.05. The minimum Gasteiger partial charge on any atom is -0.301 e. The highest BCUT2D eigenvalue weighted by molar-refractivity contribution is 7.16. The predicted molar refractivity (Wildman–Crippen MR) is 94.4 cm³/mol. The van der Waals surface area contributed by atoms with Crippen LogP contribution in [-0.2, 0) is 16.6 Å². The predicted octanol–water partition coefficient (Wildman–Crippen LogP) is 4.86. The fraction of sp³-hybridized carbons (Fsp3) is 0.375. The molecule has 6 heteroatoms. The number of hydrogen-bond acceptors (Lipinski definition) is 3. The highest BCUT2D eigenvalue weighted by atomic mass is 35.5. The third-order valence-corrected chi connectivity index (χ3v) is 4.52. The van der Waals surface area contributed by atoms with E-state index in [1.807, 2.05) is 24.3 Å². The third kappa shape index (κ3) is 4.45. The Balaban J connectivity index is 2.31. The molecule has 22 heavy (non-hydrogen) atoms. The van der Waals surface area contributed by atoms with Crippen LogP contribution in [0.3, 0.4) is 0 Å². The zero-order valence-corrected chi connectivity index (χ0v) is 15.1. The number of benzene rings is 1. The van der Waals surface area contributed by atoms with Crippen LogP contribution in [0.2, 0.25) is 5.02 Å². The Morgan fingerprint density at radius 1 is 1.27 bits per heavy atom. The summed E-state index contributed by atoms with van der Waals surface area (Å²) in [7, 11) is 0. The molecule has 1 heterocycles. The standard InChI is InChI=1S/C16H18Cl2N2OS/c1-16(2,3)14-12(8-10-4-6-11(18)7-5-10)22-15(20-14)19-13(21)9-17/h4-7H,8-9H2,1-3H3,(H,19,20,21). The lowest BCUT2D eigenvalue weighted by atomic mass is 9.90. The van der Waals surface area contributed by atoms with E-state index in [1.165, 1.54) is 11.3 Å². The van der Waals surface area contributed by atoms with E-state index in [1.54, 1.807) is 0 Å². The second-order valence-electron chi connectivity index (χ2n) is 6.03. The molecule has 2 rings (SSSR count). The van der Waals surface area contributed by atoms with E-state index < -0.39 is 0 Å². The summed E-state index contributed by atoms with van der Waals surface area (Å²) in [6.07, 6.45) is 0.762. The largest absolute Gasteiger partial charge is 0.301 e. The van der Waals surface area contributed by atoms with Crippen molar-refractivity contribution in [3.05, 3.63) is 45.4 Å². The van der Waals surface area contributed by atoms with E-state index in [9.17, 15) is 4.79 Å². The van der Waals surface area contributed by atoms with E-state index in [4.69, 9.17) is 23.2 Å². The highest BCUT2D eigenvalue weighted by Crippen LogP contribution is 2.33. The fourth-order valence-corrected chi connectivity index (χ4v) is 3.47. The SMILES string of the molecule is CC(C)(C)c1nc(NC(=O)CCl)sc1Cc1ccc(Cl)cc1. The molecule has 0 aliphatic rings. The fourth-order valence-electron chi connectivity index (χ4n) is 2.05. The summed E-state index contributed by atoms with van der Waals surface area (Å²) in [6, 6.07) is 7.77. The number of nitrogens with one attached hydrogen (secondary N) is 1. The molecule has 0 spiro atoms. The topological polar surface area (TPSA) is 42.0 Å². The van der Waals surface area contributed by atoms with Gasteiger partial charge >= 0.3 is 0 Å². The molecule has 1 aromatic heterocycles. The van der Waals surface area contributed by atoms with Crippen molar-refractivity contribution < 1.29 is 4.79 Å². The van der Waals surface area contributed by atoms with Gasteiger partial charge in [-0.2, -0.15) is 0 Å². The van der Waals surface area contributed by atoms with Gasteiger partial charge in [-0.3, -0.25) is 4.79 Å². The van der Waals surface area contributed by atoms with Crippen molar-refractivity contribution in [2.45, 2.75) is 32.6 Å². The number of alkyl halides is 1. The Bertz CT molecular complexity index is 660. The molecule has 0 atom stereocenters. The number of amides is 1. The first-order valence-electron chi connectivity index (χ1n) is 6.90. The van der Waals surface area contributed by atoms with Crippen molar-refractivity contribution in [3.8, 4) is 0 Å². The van der Waals surface area contributed by atoms with Gasteiger partial charge in [0.2, 0.25) is 5.91 Å². The second kappa shape index (κ2) is 6.99. The van der Waals surface area contributed by atoms with Gasteiger partial charge in [-0.25, -0.2) is 4.98 Å². The number of hydrogen-bond donors (Lipinski definition) is 1. The Kier molecular flexibility index (Phi) is 5.48. The first-order chi connectivity index (χ1) is 10.3. The lowest BCUT2D eigenvalue weighted by Crippen LogP contribution is -2.15. The molecule has 0 bridgehead atoms. The lowest BCUT2D eigenvalue weighted by molar-refractivity contribution is -0.113. The first kappa shape index (κ1) is 17.3. The number of thiazole rings is 1. The second-order valence-corrected chi connectivity index (χ2v) is 7.81. The summed E-state index contributed by atoms with van der Waals surface area (Å²) in [5.74, 6) is -0.314. The van der Waals surface area contributed by atoms with Gasteiger partial charge in [0.05, 0.1) is 5.69 Å². The van der Waals surface area contributed by atoms with E-state index in [-0.39, 0.29) is 17.2 Å². The first-order valence-corrected chi connectivity index (χ1v) is 8.63. The Morgan fingerprint density at radius 3 is 2.45 bits per heavy atom. The van der Waals surface area contributed by atoms with Gasteiger partial charge in [-0.1, -0.05) is 44.5 Å². The van der Waals surface area contributed by atoms with Crippen molar-refractivity contribution in [2.75, 3.05) is 11.2 Å². The zero-order valence-electron chi connectivity index (χ0n) is 12.7. The minimum absolute atomic E-state index is 0.0725. The van der Waals surface area contributed by atoms with Gasteiger partial charge in [0, 0.05) is 21.7 Å². The van der Waals surface area contributed by atoms with Crippen LogP contribution >= 0.6 is 34.5 Å². The van der Waals surface area contributed by atoms with Crippen LogP contribution in [0.4, 0.5) is 5.13 Å².